The largest absolute Gasteiger partial charge is 0.351 e. The Morgan fingerprint density at radius 1 is 0.880 bits per heavy atom. The number of amides is 2. The Balaban J connectivity index is 1.55. The molecule has 4 nitrogen and oxygen atoms in total. The van der Waals surface area contributed by atoms with Crippen molar-refractivity contribution >= 4 is 11.8 Å². The summed E-state index contributed by atoms with van der Waals surface area (Å²) in [6.07, 6.45) is 1.23. The Labute approximate surface area is 148 Å². The molecule has 0 spiro atoms. The van der Waals surface area contributed by atoms with Crippen LogP contribution in [0, 0.1) is 19.3 Å². The van der Waals surface area contributed by atoms with Crippen LogP contribution in [0.15, 0.2) is 48.5 Å². The fraction of sp³-hybridized carbons (Fsp3) is 0.333. The molecule has 25 heavy (non-hydrogen) atoms. The van der Waals surface area contributed by atoms with Crippen molar-refractivity contribution in [3.63, 3.8) is 0 Å². The Morgan fingerprint density at radius 3 is 2.08 bits per heavy atom. The average Bonchev–Trinajstić information content (AvgIpc) is 3.42. The smallest absolute Gasteiger partial charge is 0.235 e. The topological polar surface area (TPSA) is 58.2 Å². The van der Waals surface area contributed by atoms with E-state index in [0.29, 0.717) is 25.9 Å². The van der Waals surface area contributed by atoms with Gasteiger partial charge in [-0.2, -0.15) is 0 Å². The highest BCUT2D eigenvalue weighted by Crippen LogP contribution is 2.46. The summed E-state index contributed by atoms with van der Waals surface area (Å²) in [5, 5.41) is 5.84. The minimum absolute atomic E-state index is 0.169. The molecule has 130 valence electrons. The van der Waals surface area contributed by atoms with Crippen LogP contribution in [0.5, 0.6) is 0 Å². The highest BCUT2D eigenvalue weighted by Gasteiger charge is 2.56. The van der Waals surface area contributed by atoms with Crippen molar-refractivity contribution in [3.8, 4) is 0 Å². The van der Waals surface area contributed by atoms with Crippen molar-refractivity contribution in [2.24, 2.45) is 5.41 Å². The molecule has 0 saturated heterocycles. The summed E-state index contributed by atoms with van der Waals surface area (Å²) in [5.41, 5.74) is 3.55. The summed E-state index contributed by atoms with van der Waals surface area (Å²) >= 11 is 0. The van der Waals surface area contributed by atoms with Crippen molar-refractivity contribution in [3.05, 3.63) is 70.8 Å². The molecule has 0 heterocycles. The molecule has 2 aromatic rings. The standard InChI is InChI=1S/C21H24N2O2/c1-15-7-9-17(10-8-15)13-22-19(24)21(11-12-21)20(25)23-14-18-6-4-3-5-16(18)2/h3-10H,11-14H2,1-2H3,(H,22,24)(H,23,25). The van der Waals surface area contributed by atoms with Crippen LogP contribution < -0.4 is 10.6 Å². The Morgan fingerprint density at radius 2 is 1.48 bits per heavy atom. The average molecular weight is 336 g/mol. The molecule has 2 N–H and O–H groups in total. The van der Waals surface area contributed by atoms with Gasteiger partial charge in [0.15, 0.2) is 0 Å². The van der Waals surface area contributed by atoms with Gasteiger partial charge in [-0.15, -0.1) is 0 Å². The number of hydrogen-bond acceptors (Lipinski definition) is 2. The van der Waals surface area contributed by atoms with Crippen molar-refractivity contribution in [2.75, 3.05) is 0 Å². The first kappa shape index (κ1) is 17.2. The van der Waals surface area contributed by atoms with Gasteiger partial charge in [0.25, 0.3) is 0 Å². The Hall–Kier alpha value is -2.62. The zero-order valence-electron chi connectivity index (χ0n) is 14.8. The number of aryl methyl sites for hydroxylation is 2. The normalized spacial score (nSPS) is 14.6. The molecule has 0 aromatic heterocycles. The molecule has 0 radical (unpaired) electrons. The predicted octanol–water partition coefficient (Wildman–Crippen LogP) is 3.02. The van der Waals surface area contributed by atoms with Gasteiger partial charge in [0.05, 0.1) is 0 Å². The summed E-state index contributed by atoms with van der Waals surface area (Å²) in [5.74, 6) is -0.340. The first-order valence-corrected chi connectivity index (χ1v) is 8.68. The lowest BCUT2D eigenvalue weighted by Crippen LogP contribution is -2.42. The van der Waals surface area contributed by atoms with Gasteiger partial charge in [-0.05, 0) is 43.4 Å². The van der Waals surface area contributed by atoms with E-state index in [-0.39, 0.29) is 11.8 Å². The number of hydrogen-bond donors (Lipinski definition) is 2. The van der Waals surface area contributed by atoms with Crippen LogP contribution in [0.1, 0.15) is 35.1 Å². The number of carbonyl (C=O) groups is 2. The minimum atomic E-state index is -0.882. The van der Waals surface area contributed by atoms with Crippen molar-refractivity contribution in [1.29, 1.82) is 0 Å². The summed E-state index contributed by atoms with van der Waals surface area (Å²) < 4.78 is 0. The molecule has 1 fully saturated rings. The SMILES string of the molecule is Cc1ccc(CNC(=O)C2(C(=O)NCc3ccccc3C)CC2)cc1. The number of nitrogens with one attached hydrogen (secondary N) is 2. The third kappa shape index (κ3) is 3.90. The van der Waals surface area contributed by atoms with E-state index in [0.717, 1.165) is 16.7 Å². The van der Waals surface area contributed by atoms with E-state index in [1.165, 1.54) is 5.56 Å². The lowest BCUT2D eigenvalue weighted by atomic mass is 10.0. The van der Waals surface area contributed by atoms with Crippen LogP contribution in [0.25, 0.3) is 0 Å². The maximum Gasteiger partial charge on any atom is 0.235 e. The van der Waals surface area contributed by atoms with Crippen LogP contribution in [0.3, 0.4) is 0 Å². The van der Waals surface area contributed by atoms with E-state index in [4.69, 9.17) is 0 Å². The van der Waals surface area contributed by atoms with Crippen molar-refractivity contribution in [2.45, 2.75) is 39.8 Å². The third-order valence-electron chi connectivity index (χ3n) is 4.89. The fourth-order valence-corrected chi connectivity index (χ4v) is 2.89. The van der Waals surface area contributed by atoms with Gasteiger partial charge in [-0.25, -0.2) is 0 Å². The predicted molar refractivity (Wildman–Crippen MR) is 97.7 cm³/mol. The van der Waals surface area contributed by atoms with Gasteiger partial charge in [0.1, 0.15) is 5.41 Å². The fourth-order valence-electron chi connectivity index (χ4n) is 2.89. The molecule has 0 aliphatic heterocycles. The van der Waals surface area contributed by atoms with E-state index in [2.05, 4.69) is 10.6 Å². The van der Waals surface area contributed by atoms with Crippen LogP contribution in [0.2, 0.25) is 0 Å². The van der Waals surface area contributed by atoms with E-state index < -0.39 is 5.41 Å². The number of rotatable bonds is 6. The van der Waals surface area contributed by atoms with Crippen LogP contribution in [-0.4, -0.2) is 11.8 Å². The van der Waals surface area contributed by atoms with Gasteiger partial charge < -0.3 is 10.6 Å². The first-order valence-electron chi connectivity index (χ1n) is 8.68. The molecule has 3 rings (SSSR count). The lowest BCUT2D eigenvalue weighted by molar-refractivity contribution is -0.137. The molecule has 4 heteroatoms. The first-order chi connectivity index (χ1) is 12.0. The zero-order chi connectivity index (χ0) is 17.9. The molecule has 2 amide bonds. The van der Waals surface area contributed by atoms with Crippen molar-refractivity contribution in [1.82, 2.24) is 10.6 Å². The maximum absolute atomic E-state index is 12.5. The molecule has 1 aliphatic carbocycles. The van der Waals surface area contributed by atoms with Gasteiger partial charge in [-0.3, -0.25) is 9.59 Å². The molecule has 0 unspecified atom stereocenters. The van der Waals surface area contributed by atoms with E-state index in [9.17, 15) is 9.59 Å². The van der Waals surface area contributed by atoms with Crippen molar-refractivity contribution < 1.29 is 9.59 Å². The van der Waals surface area contributed by atoms with Crippen LogP contribution in [-0.2, 0) is 22.7 Å². The van der Waals surface area contributed by atoms with Crippen LogP contribution >= 0.6 is 0 Å². The Bertz CT molecular complexity index is 777. The second-order valence-corrected chi connectivity index (χ2v) is 6.86. The zero-order valence-corrected chi connectivity index (χ0v) is 14.8. The molecular weight excluding hydrogens is 312 g/mol. The van der Waals surface area contributed by atoms with E-state index in [1.54, 1.807) is 0 Å². The molecule has 1 aliphatic rings. The van der Waals surface area contributed by atoms with Gasteiger partial charge in [0, 0.05) is 13.1 Å². The summed E-state index contributed by atoms with van der Waals surface area (Å²) in [7, 11) is 0. The van der Waals surface area contributed by atoms with Gasteiger partial charge in [-0.1, -0.05) is 54.1 Å². The monoisotopic (exact) mass is 336 g/mol. The number of benzene rings is 2. The quantitative estimate of drug-likeness (QED) is 0.797. The molecule has 0 bridgehead atoms. The molecule has 2 aromatic carbocycles. The summed E-state index contributed by atoms with van der Waals surface area (Å²) in [4.78, 5) is 25.1. The molecule has 0 atom stereocenters. The maximum atomic E-state index is 12.5. The van der Waals surface area contributed by atoms with E-state index in [1.807, 2.05) is 62.4 Å². The molecule has 1 saturated carbocycles. The van der Waals surface area contributed by atoms with Crippen LogP contribution in [0.4, 0.5) is 0 Å². The summed E-state index contributed by atoms with van der Waals surface area (Å²) in [6.45, 7) is 4.95. The summed E-state index contributed by atoms with van der Waals surface area (Å²) in [6, 6.07) is 16.0. The van der Waals surface area contributed by atoms with Gasteiger partial charge in [0.2, 0.25) is 11.8 Å². The van der Waals surface area contributed by atoms with Gasteiger partial charge >= 0.3 is 0 Å². The highest BCUT2D eigenvalue weighted by molar-refractivity contribution is 6.07. The number of carbonyl (C=O) groups excluding carboxylic acids is 2. The Kier molecular flexibility index (Phi) is 4.88. The molecular formula is C21H24N2O2. The second-order valence-electron chi connectivity index (χ2n) is 6.86. The minimum Gasteiger partial charge on any atom is -0.351 e. The lowest BCUT2D eigenvalue weighted by Gasteiger charge is -2.16. The van der Waals surface area contributed by atoms with E-state index >= 15 is 0 Å². The highest BCUT2D eigenvalue weighted by atomic mass is 16.2. The second kappa shape index (κ2) is 7.09. The third-order valence-corrected chi connectivity index (χ3v) is 4.89.